The number of amides is 2. The van der Waals surface area contributed by atoms with Gasteiger partial charge in [-0.1, -0.05) is 5.57 Å². The molecule has 0 saturated heterocycles. The summed E-state index contributed by atoms with van der Waals surface area (Å²) in [5.74, 6) is 0.0130. The van der Waals surface area contributed by atoms with Crippen molar-refractivity contribution < 1.29 is 14.3 Å². The van der Waals surface area contributed by atoms with Crippen LogP contribution in [0.3, 0.4) is 0 Å². The number of nitrogens with zero attached hydrogens (tertiary/aromatic N) is 1. The molecule has 2 unspecified atom stereocenters. The lowest BCUT2D eigenvalue weighted by Gasteiger charge is -2.19. The zero-order valence-electron chi connectivity index (χ0n) is 13.9. The molecule has 24 heavy (non-hydrogen) atoms. The number of allylic oxidation sites excluding steroid dienone is 1. The van der Waals surface area contributed by atoms with Crippen LogP contribution in [-0.2, 0) is 11.2 Å². The maximum atomic E-state index is 12.5. The summed E-state index contributed by atoms with van der Waals surface area (Å²) >= 11 is 3.46. The average molecular weight is 391 g/mol. The fourth-order valence-electron chi connectivity index (χ4n) is 3.07. The molecule has 2 aliphatic heterocycles. The van der Waals surface area contributed by atoms with Crippen LogP contribution in [0.1, 0.15) is 36.7 Å². The molecule has 3 rings (SSSR count). The third-order valence-corrected chi connectivity index (χ3v) is 4.84. The summed E-state index contributed by atoms with van der Waals surface area (Å²) in [6, 6.07) is 3.60. The Labute approximate surface area is 149 Å². The Morgan fingerprint density at radius 2 is 2.17 bits per heavy atom. The van der Waals surface area contributed by atoms with Crippen LogP contribution in [0.2, 0.25) is 0 Å². The maximum absolute atomic E-state index is 12.5. The maximum Gasteiger partial charge on any atom is 0.254 e. The van der Waals surface area contributed by atoms with E-state index < -0.39 is 0 Å². The van der Waals surface area contributed by atoms with Crippen molar-refractivity contribution in [2.24, 2.45) is 10.9 Å². The quantitative estimate of drug-likeness (QED) is 0.861. The first kappa shape index (κ1) is 16.9. The third-order valence-electron chi connectivity index (χ3n) is 4.25. The molecule has 5 nitrogen and oxygen atoms in total. The van der Waals surface area contributed by atoms with E-state index in [9.17, 15) is 9.59 Å². The Kier molecular flexibility index (Phi) is 4.58. The van der Waals surface area contributed by atoms with Crippen molar-refractivity contribution in [3.63, 3.8) is 0 Å². The van der Waals surface area contributed by atoms with Gasteiger partial charge in [0.25, 0.3) is 11.8 Å². The van der Waals surface area contributed by atoms with Crippen LogP contribution in [-0.4, -0.2) is 30.2 Å². The number of fused-ring (bicyclic) bond motifs is 1. The lowest BCUT2D eigenvalue weighted by molar-refractivity contribution is -0.120. The van der Waals surface area contributed by atoms with Crippen molar-refractivity contribution in [2.45, 2.75) is 33.3 Å². The third kappa shape index (κ3) is 3.29. The monoisotopic (exact) mass is 390 g/mol. The highest BCUT2D eigenvalue weighted by Crippen LogP contribution is 2.37. The first-order chi connectivity index (χ1) is 11.3. The Morgan fingerprint density at radius 3 is 2.88 bits per heavy atom. The number of hydrogen-bond acceptors (Lipinski definition) is 3. The molecule has 6 heteroatoms. The second kappa shape index (κ2) is 6.51. The van der Waals surface area contributed by atoms with Crippen molar-refractivity contribution in [1.29, 1.82) is 0 Å². The van der Waals surface area contributed by atoms with Gasteiger partial charge in [0.2, 0.25) is 0 Å². The number of dihydropyridines is 1. The molecule has 0 fully saturated rings. The molecule has 0 spiro atoms. The van der Waals surface area contributed by atoms with Gasteiger partial charge in [0.15, 0.2) is 0 Å². The first-order valence-corrected chi connectivity index (χ1v) is 8.69. The fraction of sp³-hybridized carbons (Fsp3) is 0.389. The van der Waals surface area contributed by atoms with Gasteiger partial charge in [-0.15, -0.1) is 0 Å². The van der Waals surface area contributed by atoms with Gasteiger partial charge in [-0.3, -0.25) is 9.59 Å². The molecule has 2 atom stereocenters. The van der Waals surface area contributed by atoms with Gasteiger partial charge in [0, 0.05) is 24.2 Å². The molecule has 126 valence electrons. The van der Waals surface area contributed by atoms with E-state index in [4.69, 9.17) is 4.74 Å². The number of halogens is 1. The number of rotatable bonds is 3. The van der Waals surface area contributed by atoms with Crippen LogP contribution in [0.25, 0.3) is 0 Å². The molecule has 0 saturated carbocycles. The van der Waals surface area contributed by atoms with E-state index in [1.807, 2.05) is 26.0 Å². The van der Waals surface area contributed by atoms with Crippen molar-refractivity contribution in [1.82, 2.24) is 5.32 Å². The van der Waals surface area contributed by atoms with Gasteiger partial charge in [-0.2, -0.15) is 0 Å². The minimum absolute atomic E-state index is 0.114. The van der Waals surface area contributed by atoms with Gasteiger partial charge in [0.1, 0.15) is 11.9 Å². The number of aliphatic imine (C=N–C) groups is 1. The summed E-state index contributed by atoms with van der Waals surface area (Å²) in [4.78, 5) is 28.4. The summed E-state index contributed by atoms with van der Waals surface area (Å²) in [5.41, 5.74) is 3.21. The zero-order chi connectivity index (χ0) is 17.4. The van der Waals surface area contributed by atoms with Crippen LogP contribution < -0.4 is 10.1 Å². The predicted molar refractivity (Wildman–Crippen MR) is 95.6 cm³/mol. The van der Waals surface area contributed by atoms with Crippen LogP contribution in [0.5, 0.6) is 5.75 Å². The Hall–Kier alpha value is -1.95. The zero-order valence-corrected chi connectivity index (χ0v) is 15.4. The van der Waals surface area contributed by atoms with Crippen LogP contribution >= 0.6 is 15.9 Å². The minimum atomic E-state index is -0.390. The predicted octanol–water partition coefficient (Wildman–Crippen LogP) is 3.07. The first-order valence-electron chi connectivity index (χ1n) is 7.89. The molecular formula is C18H19BrN2O3. The molecule has 0 aliphatic carbocycles. The standard InChI is InChI=1S/C18H19BrN2O3/c1-9-4-10(2)21-18(23)14(9)8-20-17(22)13-6-12-5-11(3)24-16(12)15(19)7-13/h4,6-7,11,14H,5,8H2,1-3H3,(H,20,22). The molecule has 0 bridgehead atoms. The normalized spacial score (nSPS) is 22.4. The number of nitrogens with one attached hydrogen (secondary N) is 1. The van der Waals surface area contributed by atoms with E-state index in [1.54, 1.807) is 13.0 Å². The number of carbonyl (C=O) groups is 2. The largest absolute Gasteiger partial charge is 0.489 e. The SMILES string of the molecule is CC1=CC(C)=NC(=O)C1CNC(=O)c1cc(Br)c2c(c1)CC(C)O2. The highest BCUT2D eigenvalue weighted by molar-refractivity contribution is 9.10. The molecule has 2 aliphatic rings. The number of ether oxygens (including phenoxy) is 1. The van der Waals surface area contributed by atoms with E-state index >= 15 is 0 Å². The van der Waals surface area contributed by atoms with E-state index in [0.717, 1.165) is 27.8 Å². The lowest BCUT2D eigenvalue weighted by atomic mass is 9.95. The number of carbonyl (C=O) groups excluding carboxylic acids is 2. The second-order valence-electron chi connectivity index (χ2n) is 6.32. The van der Waals surface area contributed by atoms with E-state index in [-0.39, 0.29) is 30.4 Å². The van der Waals surface area contributed by atoms with Gasteiger partial charge >= 0.3 is 0 Å². The molecule has 2 amide bonds. The summed E-state index contributed by atoms with van der Waals surface area (Å²) in [7, 11) is 0. The van der Waals surface area contributed by atoms with Crippen molar-refractivity contribution >= 4 is 33.5 Å². The minimum Gasteiger partial charge on any atom is -0.489 e. The molecule has 1 aromatic carbocycles. The van der Waals surface area contributed by atoms with Crippen LogP contribution in [0, 0.1) is 5.92 Å². The Bertz CT molecular complexity index is 783. The van der Waals surface area contributed by atoms with Crippen LogP contribution in [0.4, 0.5) is 0 Å². The summed E-state index contributed by atoms with van der Waals surface area (Å²) in [6.07, 6.45) is 2.78. The summed E-state index contributed by atoms with van der Waals surface area (Å²) in [6.45, 7) is 5.93. The summed E-state index contributed by atoms with van der Waals surface area (Å²) < 4.78 is 6.50. The van der Waals surface area contributed by atoms with Crippen molar-refractivity contribution in [2.75, 3.05) is 6.54 Å². The van der Waals surface area contributed by atoms with Gasteiger partial charge < -0.3 is 10.1 Å². The van der Waals surface area contributed by atoms with Gasteiger partial charge in [-0.05, 0) is 60.5 Å². The van der Waals surface area contributed by atoms with Gasteiger partial charge in [0.05, 0.1) is 10.4 Å². The molecule has 1 N–H and O–H groups in total. The number of benzene rings is 1. The molecule has 0 radical (unpaired) electrons. The molecule has 1 aromatic rings. The second-order valence-corrected chi connectivity index (χ2v) is 7.18. The molecular weight excluding hydrogens is 372 g/mol. The molecule has 2 heterocycles. The highest BCUT2D eigenvalue weighted by atomic mass is 79.9. The van der Waals surface area contributed by atoms with Crippen molar-refractivity contribution in [3.05, 3.63) is 39.4 Å². The van der Waals surface area contributed by atoms with Crippen LogP contribution in [0.15, 0.2) is 33.2 Å². The van der Waals surface area contributed by atoms with E-state index in [0.29, 0.717) is 11.3 Å². The Morgan fingerprint density at radius 1 is 1.42 bits per heavy atom. The lowest BCUT2D eigenvalue weighted by Crippen LogP contribution is -2.34. The Balaban J connectivity index is 1.71. The van der Waals surface area contributed by atoms with E-state index in [1.165, 1.54) is 0 Å². The average Bonchev–Trinajstić information content (AvgIpc) is 2.86. The fourth-order valence-corrected chi connectivity index (χ4v) is 3.67. The number of hydrogen-bond donors (Lipinski definition) is 1. The molecule has 0 aromatic heterocycles. The topological polar surface area (TPSA) is 67.8 Å². The highest BCUT2D eigenvalue weighted by Gasteiger charge is 2.26. The van der Waals surface area contributed by atoms with Crippen molar-refractivity contribution in [3.8, 4) is 5.75 Å². The van der Waals surface area contributed by atoms with E-state index in [2.05, 4.69) is 26.2 Å². The van der Waals surface area contributed by atoms with Gasteiger partial charge in [-0.25, -0.2) is 4.99 Å². The smallest absolute Gasteiger partial charge is 0.254 e. The summed E-state index contributed by atoms with van der Waals surface area (Å²) in [5, 5.41) is 2.84.